The van der Waals surface area contributed by atoms with Crippen LogP contribution >= 0.6 is 0 Å². The lowest BCUT2D eigenvalue weighted by Gasteiger charge is -2.30. The normalized spacial score (nSPS) is 12.9. The van der Waals surface area contributed by atoms with Gasteiger partial charge in [-0.3, -0.25) is 4.90 Å². The number of ether oxygens (including phenoxy) is 2. The van der Waals surface area contributed by atoms with E-state index in [1.54, 1.807) is 14.2 Å². The first-order valence-corrected chi connectivity index (χ1v) is 6.30. The van der Waals surface area contributed by atoms with Crippen molar-refractivity contribution < 1.29 is 9.47 Å². The van der Waals surface area contributed by atoms with E-state index in [1.165, 1.54) is 5.56 Å². The van der Waals surface area contributed by atoms with Crippen molar-refractivity contribution in [3.8, 4) is 0 Å². The molecule has 102 valence electrons. The molecule has 0 aromatic heterocycles. The second-order valence-corrected chi connectivity index (χ2v) is 4.18. The number of hydrogen-bond donors (Lipinski definition) is 1. The second kappa shape index (κ2) is 9.05. The first-order chi connectivity index (χ1) is 8.83. The van der Waals surface area contributed by atoms with Gasteiger partial charge in [0.1, 0.15) is 0 Å². The summed E-state index contributed by atoms with van der Waals surface area (Å²) in [4.78, 5) is 2.31. The van der Waals surface area contributed by atoms with Crippen LogP contribution in [0.25, 0.3) is 0 Å². The minimum absolute atomic E-state index is 0.219. The van der Waals surface area contributed by atoms with Crippen LogP contribution in [0.1, 0.15) is 11.6 Å². The maximum atomic E-state index is 5.93. The van der Waals surface area contributed by atoms with Crippen LogP contribution in [0.2, 0.25) is 0 Å². The molecule has 1 unspecified atom stereocenters. The molecule has 1 aromatic rings. The van der Waals surface area contributed by atoms with Crippen molar-refractivity contribution in [3.63, 3.8) is 0 Å². The number of benzene rings is 1. The predicted octanol–water partition coefficient (Wildman–Crippen LogP) is 1.28. The summed E-state index contributed by atoms with van der Waals surface area (Å²) in [6.07, 6.45) is 0. The number of rotatable bonds is 9. The Morgan fingerprint density at radius 3 is 2.06 bits per heavy atom. The molecule has 0 bridgehead atoms. The highest BCUT2D eigenvalue weighted by atomic mass is 16.5. The standard InChI is InChI=1S/C14H24N2O2/c1-17-10-8-16(9-11-18-2)14(12-15)13-6-4-3-5-7-13/h3-7,14H,8-12,15H2,1-2H3. The monoisotopic (exact) mass is 252 g/mol. The van der Waals surface area contributed by atoms with Gasteiger partial charge in [0.05, 0.1) is 13.2 Å². The Bertz CT molecular complexity index is 298. The molecule has 0 aliphatic carbocycles. The summed E-state index contributed by atoms with van der Waals surface area (Å²) in [5.41, 5.74) is 7.17. The summed E-state index contributed by atoms with van der Waals surface area (Å²) in [6, 6.07) is 10.6. The van der Waals surface area contributed by atoms with Crippen LogP contribution in [0.15, 0.2) is 30.3 Å². The van der Waals surface area contributed by atoms with Gasteiger partial charge >= 0.3 is 0 Å². The van der Waals surface area contributed by atoms with Crippen molar-refractivity contribution in [1.82, 2.24) is 4.90 Å². The Labute approximate surface area is 110 Å². The van der Waals surface area contributed by atoms with E-state index in [4.69, 9.17) is 15.2 Å². The number of nitrogens with zero attached hydrogens (tertiary/aromatic N) is 1. The van der Waals surface area contributed by atoms with Crippen molar-refractivity contribution in [2.24, 2.45) is 5.73 Å². The molecule has 0 amide bonds. The zero-order chi connectivity index (χ0) is 13.2. The van der Waals surface area contributed by atoms with Gasteiger partial charge in [0.15, 0.2) is 0 Å². The number of nitrogens with two attached hydrogens (primary N) is 1. The van der Waals surface area contributed by atoms with E-state index in [1.807, 2.05) is 18.2 Å². The summed E-state index contributed by atoms with van der Waals surface area (Å²) in [7, 11) is 3.43. The molecule has 0 aliphatic rings. The van der Waals surface area contributed by atoms with Gasteiger partial charge in [-0.25, -0.2) is 0 Å². The largest absolute Gasteiger partial charge is 0.383 e. The molecule has 1 rings (SSSR count). The first kappa shape index (κ1) is 15.1. The summed E-state index contributed by atoms with van der Waals surface area (Å²) < 4.78 is 10.3. The van der Waals surface area contributed by atoms with E-state index in [9.17, 15) is 0 Å². The smallest absolute Gasteiger partial charge is 0.0589 e. The SMILES string of the molecule is COCCN(CCOC)C(CN)c1ccccc1. The van der Waals surface area contributed by atoms with Crippen LogP contribution in [-0.4, -0.2) is 52.0 Å². The Balaban J connectivity index is 2.72. The molecular formula is C14H24N2O2. The fraction of sp³-hybridized carbons (Fsp3) is 0.571. The van der Waals surface area contributed by atoms with Crippen molar-refractivity contribution in [2.45, 2.75) is 6.04 Å². The van der Waals surface area contributed by atoms with Gasteiger partial charge in [-0.2, -0.15) is 0 Å². The molecule has 1 atom stereocenters. The number of methoxy groups -OCH3 is 2. The van der Waals surface area contributed by atoms with Crippen molar-refractivity contribution in [1.29, 1.82) is 0 Å². The van der Waals surface area contributed by atoms with E-state index >= 15 is 0 Å². The molecule has 18 heavy (non-hydrogen) atoms. The average molecular weight is 252 g/mol. The minimum Gasteiger partial charge on any atom is -0.383 e. The van der Waals surface area contributed by atoms with Crippen LogP contribution in [0.3, 0.4) is 0 Å². The van der Waals surface area contributed by atoms with Gasteiger partial charge in [0, 0.05) is 39.9 Å². The Hall–Kier alpha value is -0.940. The molecule has 4 nitrogen and oxygen atoms in total. The lowest BCUT2D eigenvalue weighted by molar-refractivity contribution is 0.0891. The van der Waals surface area contributed by atoms with Crippen LogP contribution in [0.5, 0.6) is 0 Å². The minimum atomic E-state index is 0.219. The van der Waals surface area contributed by atoms with Gasteiger partial charge in [-0.15, -0.1) is 0 Å². The van der Waals surface area contributed by atoms with E-state index in [-0.39, 0.29) is 6.04 Å². The van der Waals surface area contributed by atoms with E-state index < -0.39 is 0 Å². The molecule has 1 aromatic carbocycles. The third kappa shape index (κ3) is 4.74. The fourth-order valence-electron chi connectivity index (χ4n) is 2.01. The van der Waals surface area contributed by atoms with E-state index in [0.29, 0.717) is 19.8 Å². The third-order valence-electron chi connectivity index (χ3n) is 3.01. The van der Waals surface area contributed by atoms with Gasteiger partial charge in [-0.1, -0.05) is 30.3 Å². The van der Waals surface area contributed by atoms with Crippen LogP contribution < -0.4 is 5.73 Å². The zero-order valence-electron chi connectivity index (χ0n) is 11.3. The van der Waals surface area contributed by atoms with Crippen LogP contribution in [-0.2, 0) is 9.47 Å². The highest BCUT2D eigenvalue weighted by molar-refractivity contribution is 5.19. The Kier molecular flexibility index (Phi) is 7.60. The van der Waals surface area contributed by atoms with E-state index in [0.717, 1.165) is 13.1 Å². The second-order valence-electron chi connectivity index (χ2n) is 4.18. The first-order valence-electron chi connectivity index (χ1n) is 6.30. The van der Waals surface area contributed by atoms with Crippen molar-refractivity contribution >= 4 is 0 Å². The number of hydrogen-bond acceptors (Lipinski definition) is 4. The zero-order valence-corrected chi connectivity index (χ0v) is 11.3. The summed E-state index contributed by atoms with van der Waals surface area (Å²) in [6.45, 7) is 3.71. The Morgan fingerprint density at radius 1 is 1.06 bits per heavy atom. The van der Waals surface area contributed by atoms with Crippen LogP contribution in [0.4, 0.5) is 0 Å². The molecule has 0 radical (unpaired) electrons. The van der Waals surface area contributed by atoms with Crippen molar-refractivity contribution in [2.75, 3.05) is 47.1 Å². The maximum Gasteiger partial charge on any atom is 0.0589 e. The van der Waals surface area contributed by atoms with E-state index in [2.05, 4.69) is 17.0 Å². The maximum absolute atomic E-state index is 5.93. The van der Waals surface area contributed by atoms with Gasteiger partial charge < -0.3 is 15.2 Å². The Morgan fingerprint density at radius 2 is 1.61 bits per heavy atom. The molecule has 0 heterocycles. The lowest BCUT2D eigenvalue weighted by Crippen LogP contribution is -2.38. The van der Waals surface area contributed by atoms with Gasteiger partial charge in [0.2, 0.25) is 0 Å². The van der Waals surface area contributed by atoms with Gasteiger partial charge in [0.25, 0.3) is 0 Å². The summed E-state index contributed by atoms with van der Waals surface area (Å²) in [5, 5.41) is 0. The highest BCUT2D eigenvalue weighted by Gasteiger charge is 2.18. The quantitative estimate of drug-likeness (QED) is 0.719. The summed E-state index contributed by atoms with van der Waals surface area (Å²) >= 11 is 0. The van der Waals surface area contributed by atoms with Crippen LogP contribution in [0, 0.1) is 0 Å². The predicted molar refractivity (Wildman–Crippen MR) is 73.6 cm³/mol. The summed E-state index contributed by atoms with van der Waals surface area (Å²) in [5.74, 6) is 0. The fourth-order valence-corrected chi connectivity index (χ4v) is 2.01. The topological polar surface area (TPSA) is 47.7 Å². The molecule has 0 spiro atoms. The average Bonchev–Trinajstić information content (AvgIpc) is 2.43. The molecule has 0 saturated heterocycles. The molecule has 0 fully saturated rings. The molecular weight excluding hydrogens is 228 g/mol. The molecule has 4 heteroatoms. The lowest BCUT2D eigenvalue weighted by atomic mass is 10.1. The van der Waals surface area contributed by atoms with Gasteiger partial charge in [-0.05, 0) is 5.56 Å². The highest BCUT2D eigenvalue weighted by Crippen LogP contribution is 2.18. The molecule has 0 aliphatic heterocycles. The van der Waals surface area contributed by atoms with Crippen molar-refractivity contribution in [3.05, 3.63) is 35.9 Å². The molecule has 2 N–H and O–H groups in total. The third-order valence-corrected chi connectivity index (χ3v) is 3.01. The molecule has 0 saturated carbocycles.